The average molecular weight is 459 g/mol. The Morgan fingerprint density at radius 2 is 1.73 bits per heavy atom. The molecule has 0 fully saturated rings. The molecule has 0 saturated heterocycles. The molecule has 1 aromatic carbocycles. The van der Waals surface area contributed by atoms with Crippen LogP contribution < -0.4 is 5.56 Å². The van der Waals surface area contributed by atoms with Crippen molar-refractivity contribution in [2.24, 2.45) is 0 Å². The predicted octanol–water partition coefficient (Wildman–Crippen LogP) is 5.39. The lowest BCUT2D eigenvalue weighted by atomic mass is 10.0. The van der Waals surface area contributed by atoms with Gasteiger partial charge in [0.25, 0.3) is 5.56 Å². The lowest BCUT2D eigenvalue weighted by molar-refractivity contribution is 0.544. The van der Waals surface area contributed by atoms with Gasteiger partial charge in [-0.15, -0.1) is 0 Å². The molecule has 0 N–H and O–H groups in total. The zero-order chi connectivity index (χ0) is 16.6. The van der Waals surface area contributed by atoms with Crippen LogP contribution in [0.25, 0.3) is 11.3 Å². The van der Waals surface area contributed by atoms with Crippen molar-refractivity contribution in [1.29, 1.82) is 0 Å². The summed E-state index contributed by atoms with van der Waals surface area (Å²) in [4.78, 5) is 12.1. The minimum atomic E-state index is -1.09. The van der Waals surface area contributed by atoms with Gasteiger partial charge in [0, 0.05) is 24.2 Å². The molecule has 118 valence electrons. The summed E-state index contributed by atoms with van der Waals surface area (Å²) in [5.74, 6) is -3.22. The quantitative estimate of drug-likeness (QED) is 0.564. The molecule has 0 amide bonds. The SMILES string of the molecule is CCn1c(-c2c(F)cc(F)cc2F)c(C(Br)Br)cc(Cl)c1=O. The van der Waals surface area contributed by atoms with Crippen molar-refractivity contribution in [2.45, 2.75) is 17.2 Å². The van der Waals surface area contributed by atoms with E-state index in [2.05, 4.69) is 31.9 Å². The van der Waals surface area contributed by atoms with Gasteiger partial charge in [-0.05, 0) is 13.0 Å². The predicted molar refractivity (Wildman–Crippen MR) is 87.3 cm³/mol. The molecule has 1 aromatic heterocycles. The van der Waals surface area contributed by atoms with Crippen LogP contribution in [0.5, 0.6) is 0 Å². The zero-order valence-corrected chi connectivity index (χ0v) is 15.1. The molecule has 0 saturated carbocycles. The van der Waals surface area contributed by atoms with Gasteiger partial charge in [0.05, 0.1) is 15.0 Å². The fourth-order valence-electron chi connectivity index (χ4n) is 2.17. The van der Waals surface area contributed by atoms with Gasteiger partial charge in [0.1, 0.15) is 22.5 Å². The van der Waals surface area contributed by atoms with Crippen LogP contribution in [0.1, 0.15) is 16.2 Å². The van der Waals surface area contributed by atoms with E-state index in [1.54, 1.807) is 6.92 Å². The molecule has 2 aromatic rings. The third-order valence-corrected chi connectivity index (χ3v) is 4.33. The van der Waals surface area contributed by atoms with Crippen LogP contribution in [-0.2, 0) is 6.54 Å². The average Bonchev–Trinajstić information content (AvgIpc) is 2.41. The standard InChI is InChI=1S/C14H9Br2ClF3NO/c1-2-21-12(7(13(15)16)5-8(17)14(21)22)11-9(19)3-6(18)4-10(11)20/h3-5,13H,2H2,1H3. The van der Waals surface area contributed by atoms with Crippen LogP contribution in [0.15, 0.2) is 23.0 Å². The highest BCUT2D eigenvalue weighted by Gasteiger charge is 2.24. The van der Waals surface area contributed by atoms with Crippen molar-refractivity contribution >= 4 is 43.5 Å². The minimum absolute atomic E-state index is 0.00523. The normalized spacial score (nSPS) is 11.3. The Morgan fingerprint density at radius 3 is 2.18 bits per heavy atom. The molecule has 0 radical (unpaired) electrons. The number of halogens is 6. The van der Waals surface area contributed by atoms with E-state index in [0.29, 0.717) is 17.7 Å². The molecule has 1 heterocycles. The van der Waals surface area contributed by atoms with E-state index in [1.807, 2.05) is 0 Å². The van der Waals surface area contributed by atoms with Gasteiger partial charge < -0.3 is 4.57 Å². The number of rotatable bonds is 3. The van der Waals surface area contributed by atoms with Gasteiger partial charge >= 0.3 is 0 Å². The van der Waals surface area contributed by atoms with Crippen molar-refractivity contribution in [3.63, 3.8) is 0 Å². The molecule has 0 bridgehead atoms. The van der Waals surface area contributed by atoms with Crippen LogP contribution in [0.3, 0.4) is 0 Å². The molecule has 2 nitrogen and oxygen atoms in total. The van der Waals surface area contributed by atoms with Gasteiger partial charge in [-0.25, -0.2) is 13.2 Å². The first-order chi connectivity index (χ1) is 10.3. The van der Waals surface area contributed by atoms with E-state index in [4.69, 9.17) is 11.6 Å². The highest BCUT2D eigenvalue weighted by molar-refractivity contribution is 9.24. The van der Waals surface area contributed by atoms with Crippen molar-refractivity contribution < 1.29 is 13.2 Å². The molecule has 2 rings (SSSR count). The maximum Gasteiger partial charge on any atom is 0.269 e. The topological polar surface area (TPSA) is 22.0 Å². The summed E-state index contributed by atoms with van der Waals surface area (Å²) >= 11 is 12.4. The van der Waals surface area contributed by atoms with E-state index in [9.17, 15) is 18.0 Å². The van der Waals surface area contributed by atoms with Gasteiger partial charge in [0.2, 0.25) is 0 Å². The molecule has 0 aliphatic heterocycles. The third-order valence-electron chi connectivity index (χ3n) is 3.07. The smallest absolute Gasteiger partial charge is 0.269 e. The van der Waals surface area contributed by atoms with Crippen LogP contribution in [0.2, 0.25) is 5.02 Å². The van der Waals surface area contributed by atoms with E-state index in [1.165, 1.54) is 6.07 Å². The molecular weight excluding hydrogens is 450 g/mol. The van der Waals surface area contributed by atoms with Gasteiger partial charge in [-0.3, -0.25) is 4.79 Å². The minimum Gasteiger partial charge on any atom is -0.307 e. The highest BCUT2D eigenvalue weighted by Crippen LogP contribution is 2.39. The monoisotopic (exact) mass is 457 g/mol. The second kappa shape index (κ2) is 6.76. The molecule has 22 heavy (non-hydrogen) atoms. The Bertz CT molecular complexity index is 769. The maximum absolute atomic E-state index is 14.1. The number of hydrogen-bond acceptors (Lipinski definition) is 1. The second-order valence-corrected chi connectivity index (χ2v) is 7.86. The summed E-state index contributed by atoms with van der Waals surface area (Å²) < 4.78 is 42.0. The van der Waals surface area contributed by atoms with E-state index in [-0.39, 0.29) is 17.3 Å². The van der Waals surface area contributed by atoms with Gasteiger partial charge in [-0.1, -0.05) is 43.5 Å². The number of hydrogen-bond donors (Lipinski definition) is 0. The number of nitrogens with zero attached hydrogens (tertiary/aromatic N) is 1. The Morgan fingerprint density at radius 1 is 1.18 bits per heavy atom. The Labute approximate surface area is 146 Å². The van der Waals surface area contributed by atoms with Crippen LogP contribution in [0, 0.1) is 17.5 Å². The third kappa shape index (κ3) is 3.12. The summed E-state index contributed by atoms with van der Waals surface area (Å²) in [5.41, 5.74) is -0.691. The summed E-state index contributed by atoms with van der Waals surface area (Å²) in [6.45, 7) is 1.78. The number of pyridine rings is 1. The zero-order valence-electron chi connectivity index (χ0n) is 11.1. The Kier molecular flexibility index (Phi) is 5.40. The molecule has 0 aliphatic rings. The number of benzene rings is 1. The van der Waals surface area contributed by atoms with E-state index < -0.39 is 32.3 Å². The van der Waals surface area contributed by atoms with Crippen LogP contribution >= 0.6 is 43.5 Å². The largest absolute Gasteiger partial charge is 0.307 e. The summed E-state index contributed by atoms with van der Waals surface area (Å²) in [7, 11) is 0. The molecule has 0 aliphatic carbocycles. The van der Waals surface area contributed by atoms with Crippen molar-refractivity contribution in [3.05, 3.63) is 56.6 Å². The van der Waals surface area contributed by atoms with Crippen molar-refractivity contribution in [1.82, 2.24) is 4.57 Å². The van der Waals surface area contributed by atoms with Crippen LogP contribution in [-0.4, -0.2) is 4.57 Å². The Balaban J connectivity index is 2.97. The van der Waals surface area contributed by atoms with Crippen molar-refractivity contribution in [2.75, 3.05) is 0 Å². The fourth-order valence-corrected chi connectivity index (χ4v) is 3.09. The lowest BCUT2D eigenvalue weighted by Crippen LogP contribution is -2.23. The first-order valence-electron chi connectivity index (χ1n) is 6.14. The first kappa shape index (κ1) is 17.6. The molecule has 0 spiro atoms. The molecule has 0 unspecified atom stereocenters. The molecule has 0 atom stereocenters. The summed E-state index contributed by atoms with van der Waals surface area (Å²) in [6, 6.07) is 2.46. The van der Waals surface area contributed by atoms with Crippen LogP contribution in [0.4, 0.5) is 13.2 Å². The van der Waals surface area contributed by atoms with Crippen molar-refractivity contribution in [3.8, 4) is 11.3 Å². The highest BCUT2D eigenvalue weighted by atomic mass is 79.9. The summed E-state index contributed by atoms with van der Waals surface area (Å²) in [5, 5.41) is -0.0765. The molecule has 8 heteroatoms. The van der Waals surface area contributed by atoms with Gasteiger partial charge in [0.15, 0.2) is 0 Å². The first-order valence-corrected chi connectivity index (χ1v) is 8.35. The number of alkyl halides is 2. The van der Waals surface area contributed by atoms with E-state index >= 15 is 0 Å². The van der Waals surface area contributed by atoms with E-state index in [0.717, 1.165) is 4.57 Å². The maximum atomic E-state index is 14.1. The molecular formula is C14H9Br2ClF3NO. The summed E-state index contributed by atoms with van der Waals surface area (Å²) in [6.07, 6.45) is 0. The lowest BCUT2D eigenvalue weighted by Gasteiger charge is -2.19. The van der Waals surface area contributed by atoms with Gasteiger partial charge in [-0.2, -0.15) is 0 Å². The Hall–Kier alpha value is -0.790. The number of aromatic nitrogens is 1. The fraction of sp³-hybridized carbons (Fsp3) is 0.214. The second-order valence-electron chi connectivity index (χ2n) is 4.39.